The Balaban J connectivity index is 1.30. The molecule has 0 N–H and O–H groups in total. The molecule has 2 aromatic rings. The Labute approximate surface area is 308 Å². The fourth-order valence-electron chi connectivity index (χ4n) is 5.14. The Morgan fingerprint density at radius 3 is 0.942 bits per heavy atom. The predicted molar refractivity (Wildman–Crippen MR) is 193 cm³/mol. The highest BCUT2D eigenvalue weighted by Crippen LogP contribution is 2.23. The van der Waals surface area contributed by atoms with Gasteiger partial charge in [-0.3, -0.25) is 9.78 Å². The summed E-state index contributed by atoms with van der Waals surface area (Å²) in [5, 5.41) is 8.55. The molecule has 52 heavy (non-hydrogen) atoms. The molecule has 0 aliphatic rings. The number of carbonyl (C=O) groups excluding carboxylic acids is 4. The average Bonchev–Trinajstić information content (AvgIpc) is 3.10. The molecule has 0 saturated heterocycles. The summed E-state index contributed by atoms with van der Waals surface area (Å²) < 4.78 is 9.86. The molecule has 0 amide bonds. The fraction of sp³-hybridized carbons (Fsp3) is 0.600. The van der Waals surface area contributed by atoms with Crippen LogP contribution in [-0.4, -0.2) is 37.5 Å². The van der Waals surface area contributed by atoms with E-state index in [0.29, 0.717) is 12.8 Å². The summed E-state index contributed by atoms with van der Waals surface area (Å²) in [4.78, 5) is 64.9. The molecule has 0 aliphatic carbocycles. The van der Waals surface area contributed by atoms with Crippen molar-refractivity contribution in [2.45, 2.75) is 142 Å². The SMILES string of the molecule is CC(C)(C)c1ccc(C(=O)OOOC(=O)OCCCCCCCCCCCCCCCCOC(=O)OOOC(=O)c2ccc(C(C)(C)C)cc2)cc1. The van der Waals surface area contributed by atoms with Gasteiger partial charge in [-0.2, -0.15) is 0 Å². The van der Waals surface area contributed by atoms with Crippen LogP contribution >= 0.6 is 0 Å². The van der Waals surface area contributed by atoms with Crippen molar-refractivity contribution in [1.82, 2.24) is 0 Å². The van der Waals surface area contributed by atoms with Crippen LogP contribution in [0.2, 0.25) is 0 Å². The average molecular weight is 731 g/mol. The number of hydrogen-bond donors (Lipinski definition) is 0. The highest BCUT2D eigenvalue weighted by molar-refractivity contribution is 5.89. The van der Waals surface area contributed by atoms with Gasteiger partial charge in [0.15, 0.2) is 0 Å². The van der Waals surface area contributed by atoms with Gasteiger partial charge >= 0.3 is 24.2 Å². The monoisotopic (exact) mass is 730 g/mol. The Kier molecular flexibility index (Phi) is 20.4. The van der Waals surface area contributed by atoms with Gasteiger partial charge in [0.1, 0.15) is 0 Å². The van der Waals surface area contributed by atoms with E-state index >= 15 is 0 Å². The number of unbranched alkanes of at least 4 members (excludes halogenated alkanes) is 13. The summed E-state index contributed by atoms with van der Waals surface area (Å²) in [6.45, 7) is 12.8. The number of carbonyl (C=O) groups is 4. The zero-order chi connectivity index (χ0) is 38.2. The Hall–Kier alpha value is -4.16. The van der Waals surface area contributed by atoms with Crippen molar-refractivity contribution in [3.63, 3.8) is 0 Å². The predicted octanol–water partition coefficient (Wildman–Crippen LogP) is 10.8. The highest BCUT2D eigenvalue weighted by Gasteiger charge is 2.18. The quantitative estimate of drug-likeness (QED) is 0.0464. The lowest BCUT2D eigenvalue weighted by atomic mass is 9.87. The van der Waals surface area contributed by atoms with Crippen LogP contribution in [0.1, 0.15) is 163 Å². The number of ether oxygens (including phenoxy) is 2. The molecule has 0 spiro atoms. The van der Waals surface area contributed by atoms with Gasteiger partial charge in [-0.1, -0.05) is 143 Å². The van der Waals surface area contributed by atoms with Gasteiger partial charge in [0.25, 0.3) is 0 Å². The second-order valence-corrected chi connectivity index (χ2v) is 14.8. The molecular formula is C40H58O12. The maximum absolute atomic E-state index is 12.0. The summed E-state index contributed by atoms with van der Waals surface area (Å²) in [5.41, 5.74) is 2.60. The van der Waals surface area contributed by atoms with Crippen LogP contribution in [-0.2, 0) is 49.9 Å². The molecule has 0 radical (unpaired) electrons. The lowest BCUT2D eigenvalue weighted by Crippen LogP contribution is -2.14. The van der Waals surface area contributed by atoms with Crippen molar-refractivity contribution in [2.24, 2.45) is 0 Å². The molecule has 0 bridgehead atoms. The minimum absolute atomic E-state index is 0.0411. The van der Waals surface area contributed by atoms with E-state index in [9.17, 15) is 19.2 Å². The summed E-state index contributed by atoms with van der Waals surface area (Å²) in [5.74, 6) is -1.55. The Bertz CT molecular complexity index is 1220. The number of rotatable bonds is 23. The minimum Gasteiger partial charge on any atom is -0.432 e. The number of hydrogen-bond acceptors (Lipinski definition) is 12. The third-order valence-corrected chi connectivity index (χ3v) is 8.38. The van der Waals surface area contributed by atoms with Crippen molar-refractivity contribution in [1.29, 1.82) is 0 Å². The van der Waals surface area contributed by atoms with Gasteiger partial charge in [-0.15, -0.1) is 0 Å². The van der Waals surface area contributed by atoms with Crippen LogP contribution in [0.25, 0.3) is 0 Å². The summed E-state index contributed by atoms with van der Waals surface area (Å²) in [6.07, 6.45) is 12.8. The smallest absolute Gasteiger partial charge is 0.432 e. The molecule has 12 nitrogen and oxygen atoms in total. The topological polar surface area (TPSA) is 142 Å². The maximum atomic E-state index is 12.0. The van der Waals surface area contributed by atoms with Gasteiger partial charge < -0.3 is 9.47 Å². The van der Waals surface area contributed by atoms with E-state index in [1.807, 2.05) is 24.3 Å². The van der Waals surface area contributed by atoms with Crippen LogP contribution in [0.4, 0.5) is 9.59 Å². The minimum atomic E-state index is -1.06. The van der Waals surface area contributed by atoms with E-state index in [1.165, 1.54) is 38.5 Å². The molecule has 0 aliphatic heterocycles. The van der Waals surface area contributed by atoms with Crippen molar-refractivity contribution < 1.29 is 58.3 Å². The van der Waals surface area contributed by atoms with E-state index in [4.69, 9.17) is 9.47 Å². The van der Waals surface area contributed by atoms with Crippen LogP contribution in [0, 0.1) is 0 Å². The molecule has 2 rings (SSSR count). The van der Waals surface area contributed by atoms with E-state index in [0.717, 1.165) is 49.7 Å². The van der Waals surface area contributed by atoms with Crippen LogP contribution in [0.15, 0.2) is 48.5 Å². The molecule has 0 heterocycles. The van der Waals surface area contributed by atoms with Gasteiger partial charge in [0, 0.05) is 0 Å². The van der Waals surface area contributed by atoms with Crippen LogP contribution in [0.3, 0.4) is 0 Å². The number of benzene rings is 2. The highest BCUT2D eigenvalue weighted by atomic mass is 17.5. The standard InChI is InChI=1S/C40H58O12/c1-39(2,3)33-25-21-31(22-26-33)35(41)47-51-49-37(43)45-29-19-17-15-13-11-9-7-8-10-12-14-16-18-20-30-46-38(44)50-52-48-36(42)32-23-27-34(28-24-32)40(4,5)6/h21-28H,7-20,29-30H2,1-6H3. The van der Waals surface area contributed by atoms with Crippen molar-refractivity contribution in [3.8, 4) is 0 Å². The molecular weight excluding hydrogens is 672 g/mol. The van der Waals surface area contributed by atoms with E-state index in [-0.39, 0.29) is 35.2 Å². The molecule has 12 heteroatoms. The Morgan fingerprint density at radius 2 is 0.673 bits per heavy atom. The van der Waals surface area contributed by atoms with Crippen molar-refractivity contribution in [2.75, 3.05) is 13.2 Å². The lowest BCUT2D eigenvalue weighted by Gasteiger charge is -2.18. The van der Waals surface area contributed by atoms with Gasteiger partial charge in [-0.05, 0) is 59.1 Å². The second kappa shape index (κ2) is 24.2. The second-order valence-electron chi connectivity index (χ2n) is 14.8. The molecule has 0 saturated carbocycles. The van der Waals surface area contributed by atoms with E-state index < -0.39 is 24.2 Å². The zero-order valence-electron chi connectivity index (χ0n) is 31.8. The maximum Gasteiger partial charge on any atom is 0.543 e. The van der Waals surface area contributed by atoms with Crippen LogP contribution in [0.5, 0.6) is 0 Å². The summed E-state index contributed by atoms with van der Waals surface area (Å²) in [7, 11) is 0. The van der Waals surface area contributed by atoms with E-state index in [2.05, 4.69) is 71.2 Å². The van der Waals surface area contributed by atoms with Gasteiger partial charge in [-0.25, -0.2) is 29.0 Å². The summed E-state index contributed by atoms with van der Waals surface area (Å²) in [6, 6.07) is 13.8. The van der Waals surface area contributed by atoms with Crippen LogP contribution < -0.4 is 0 Å². The molecule has 290 valence electrons. The van der Waals surface area contributed by atoms with Gasteiger partial charge in [0.2, 0.25) is 0 Å². The third-order valence-electron chi connectivity index (χ3n) is 8.38. The van der Waals surface area contributed by atoms with Crippen molar-refractivity contribution >= 4 is 24.2 Å². The lowest BCUT2D eigenvalue weighted by molar-refractivity contribution is -0.452. The molecule has 2 aromatic carbocycles. The fourth-order valence-corrected chi connectivity index (χ4v) is 5.14. The molecule has 0 fully saturated rings. The first kappa shape index (κ1) is 44.0. The van der Waals surface area contributed by atoms with Gasteiger partial charge in [0.05, 0.1) is 34.4 Å². The first-order valence-corrected chi connectivity index (χ1v) is 18.4. The first-order valence-electron chi connectivity index (χ1n) is 18.4. The normalized spacial score (nSPS) is 11.4. The molecule has 0 unspecified atom stereocenters. The molecule has 0 aromatic heterocycles. The first-order chi connectivity index (χ1) is 24.8. The van der Waals surface area contributed by atoms with E-state index in [1.54, 1.807) is 24.3 Å². The largest absolute Gasteiger partial charge is 0.543 e. The Morgan fingerprint density at radius 1 is 0.404 bits per heavy atom. The third kappa shape index (κ3) is 19.4. The van der Waals surface area contributed by atoms with Crippen molar-refractivity contribution in [3.05, 3.63) is 70.8 Å². The molecule has 0 atom stereocenters. The zero-order valence-corrected chi connectivity index (χ0v) is 31.8. The summed E-state index contributed by atoms with van der Waals surface area (Å²) >= 11 is 0.